The standard InChI is InChI=1S/C14H17N3S/c1-10-14(16-11-5-4-8-18-9-11)17-13-7-3-2-6-12(13)15-10/h2-3,6-7,11H,4-5,8-9H2,1H3,(H,16,17). The number of benzene rings is 1. The molecule has 1 saturated heterocycles. The van der Waals surface area contributed by atoms with Crippen LogP contribution in [0.3, 0.4) is 0 Å². The second kappa shape index (κ2) is 5.14. The molecule has 94 valence electrons. The van der Waals surface area contributed by atoms with Crippen molar-refractivity contribution in [2.24, 2.45) is 0 Å². The molecular formula is C14H17N3S. The molecule has 1 aliphatic heterocycles. The van der Waals surface area contributed by atoms with Gasteiger partial charge in [-0.05, 0) is 37.7 Å². The maximum Gasteiger partial charge on any atom is 0.148 e. The van der Waals surface area contributed by atoms with Crippen molar-refractivity contribution >= 4 is 28.6 Å². The summed E-state index contributed by atoms with van der Waals surface area (Å²) in [6, 6.07) is 8.57. The summed E-state index contributed by atoms with van der Waals surface area (Å²) in [6.45, 7) is 2.03. The maximum absolute atomic E-state index is 4.69. The van der Waals surface area contributed by atoms with Crippen LogP contribution < -0.4 is 5.32 Å². The van der Waals surface area contributed by atoms with Gasteiger partial charge in [-0.2, -0.15) is 11.8 Å². The first-order valence-corrected chi connectivity index (χ1v) is 7.56. The molecule has 0 saturated carbocycles. The summed E-state index contributed by atoms with van der Waals surface area (Å²) in [6.07, 6.45) is 2.53. The zero-order valence-corrected chi connectivity index (χ0v) is 11.3. The molecule has 3 rings (SSSR count). The van der Waals surface area contributed by atoms with Crippen LogP contribution >= 0.6 is 11.8 Å². The van der Waals surface area contributed by atoms with E-state index < -0.39 is 0 Å². The van der Waals surface area contributed by atoms with Gasteiger partial charge in [0, 0.05) is 11.8 Å². The van der Waals surface area contributed by atoms with E-state index in [4.69, 9.17) is 0 Å². The summed E-state index contributed by atoms with van der Waals surface area (Å²) in [7, 11) is 0. The second-order valence-electron chi connectivity index (χ2n) is 4.70. The number of fused-ring (bicyclic) bond motifs is 1. The number of hydrogen-bond donors (Lipinski definition) is 1. The van der Waals surface area contributed by atoms with E-state index in [9.17, 15) is 0 Å². The van der Waals surface area contributed by atoms with Gasteiger partial charge in [0.2, 0.25) is 0 Å². The fraction of sp³-hybridized carbons (Fsp3) is 0.429. The zero-order valence-electron chi connectivity index (χ0n) is 10.5. The zero-order chi connectivity index (χ0) is 12.4. The van der Waals surface area contributed by atoms with Crippen LogP contribution in [0, 0.1) is 6.92 Å². The molecule has 0 amide bonds. The minimum Gasteiger partial charge on any atom is -0.365 e. The van der Waals surface area contributed by atoms with Gasteiger partial charge in [-0.3, -0.25) is 0 Å². The Labute approximate surface area is 111 Å². The SMILES string of the molecule is Cc1nc2ccccc2nc1NC1CCCSC1. The van der Waals surface area contributed by atoms with E-state index in [0.717, 1.165) is 22.5 Å². The summed E-state index contributed by atoms with van der Waals surface area (Å²) < 4.78 is 0. The Morgan fingerprint density at radius 1 is 1.22 bits per heavy atom. The van der Waals surface area contributed by atoms with Crippen molar-refractivity contribution < 1.29 is 0 Å². The third kappa shape index (κ3) is 2.43. The average molecular weight is 259 g/mol. The molecule has 2 aromatic rings. The molecule has 1 N–H and O–H groups in total. The largest absolute Gasteiger partial charge is 0.365 e. The van der Waals surface area contributed by atoms with Crippen molar-refractivity contribution in [1.29, 1.82) is 0 Å². The average Bonchev–Trinajstić information content (AvgIpc) is 2.41. The van der Waals surface area contributed by atoms with E-state index in [1.54, 1.807) is 0 Å². The number of rotatable bonds is 2. The van der Waals surface area contributed by atoms with Crippen LogP contribution in [0.5, 0.6) is 0 Å². The van der Waals surface area contributed by atoms with Crippen molar-refractivity contribution in [1.82, 2.24) is 9.97 Å². The summed E-state index contributed by atoms with van der Waals surface area (Å²) >= 11 is 2.02. The lowest BCUT2D eigenvalue weighted by Gasteiger charge is -2.23. The minimum atomic E-state index is 0.540. The number of nitrogens with zero attached hydrogens (tertiary/aromatic N) is 2. The molecule has 1 fully saturated rings. The van der Waals surface area contributed by atoms with E-state index in [1.165, 1.54) is 24.3 Å². The lowest BCUT2D eigenvalue weighted by atomic mass is 10.2. The quantitative estimate of drug-likeness (QED) is 0.898. The van der Waals surface area contributed by atoms with Crippen LogP contribution in [0.25, 0.3) is 11.0 Å². The molecule has 18 heavy (non-hydrogen) atoms. The highest BCUT2D eigenvalue weighted by atomic mass is 32.2. The van der Waals surface area contributed by atoms with Gasteiger partial charge < -0.3 is 5.32 Å². The van der Waals surface area contributed by atoms with E-state index in [2.05, 4.69) is 15.3 Å². The Bertz CT molecular complexity index is 550. The van der Waals surface area contributed by atoms with E-state index in [-0.39, 0.29) is 0 Å². The lowest BCUT2D eigenvalue weighted by molar-refractivity contribution is 0.681. The van der Waals surface area contributed by atoms with Crippen LogP contribution in [-0.2, 0) is 0 Å². The van der Waals surface area contributed by atoms with E-state index in [1.807, 2.05) is 43.0 Å². The highest BCUT2D eigenvalue weighted by Crippen LogP contribution is 2.22. The molecular weight excluding hydrogens is 242 g/mol. The molecule has 2 heterocycles. The van der Waals surface area contributed by atoms with Crippen molar-refractivity contribution in [2.45, 2.75) is 25.8 Å². The predicted octanol–water partition coefficient (Wildman–Crippen LogP) is 3.25. The van der Waals surface area contributed by atoms with Gasteiger partial charge in [-0.1, -0.05) is 12.1 Å². The smallest absolute Gasteiger partial charge is 0.148 e. The Balaban J connectivity index is 1.88. The molecule has 0 aliphatic carbocycles. The third-order valence-corrected chi connectivity index (χ3v) is 4.46. The van der Waals surface area contributed by atoms with Gasteiger partial charge in [0.1, 0.15) is 5.82 Å². The van der Waals surface area contributed by atoms with E-state index >= 15 is 0 Å². The summed E-state index contributed by atoms with van der Waals surface area (Å²) in [5, 5.41) is 3.55. The molecule has 4 heteroatoms. The van der Waals surface area contributed by atoms with Gasteiger partial charge in [-0.25, -0.2) is 9.97 Å². The maximum atomic E-state index is 4.69. The minimum absolute atomic E-state index is 0.540. The summed E-state index contributed by atoms with van der Waals surface area (Å²) in [5.41, 5.74) is 2.93. The number of hydrogen-bond acceptors (Lipinski definition) is 4. The monoisotopic (exact) mass is 259 g/mol. The van der Waals surface area contributed by atoms with Crippen LogP contribution in [0.2, 0.25) is 0 Å². The molecule has 3 nitrogen and oxygen atoms in total. The van der Waals surface area contributed by atoms with Crippen LogP contribution in [0.4, 0.5) is 5.82 Å². The second-order valence-corrected chi connectivity index (χ2v) is 5.85. The van der Waals surface area contributed by atoms with Crippen LogP contribution in [-0.4, -0.2) is 27.5 Å². The van der Waals surface area contributed by atoms with Crippen molar-refractivity contribution in [3.63, 3.8) is 0 Å². The lowest BCUT2D eigenvalue weighted by Crippen LogP contribution is -2.26. The predicted molar refractivity (Wildman–Crippen MR) is 78.2 cm³/mol. The Morgan fingerprint density at radius 3 is 2.72 bits per heavy atom. The van der Waals surface area contributed by atoms with E-state index in [0.29, 0.717) is 6.04 Å². The summed E-state index contributed by atoms with van der Waals surface area (Å²) in [4.78, 5) is 9.30. The van der Waals surface area contributed by atoms with Crippen LogP contribution in [0.15, 0.2) is 24.3 Å². The van der Waals surface area contributed by atoms with Crippen molar-refractivity contribution in [2.75, 3.05) is 16.8 Å². The van der Waals surface area contributed by atoms with Gasteiger partial charge in [0.15, 0.2) is 0 Å². The van der Waals surface area contributed by atoms with Gasteiger partial charge in [0.25, 0.3) is 0 Å². The molecule has 1 aromatic carbocycles. The summed E-state index contributed by atoms with van der Waals surface area (Å²) in [5.74, 6) is 3.41. The molecule has 0 radical (unpaired) electrons. The number of anilines is 1. The van der Waals surface area contributed by atoms with Gasteiger partial charge in [0.05, 0.1) is 16.7 Å². The topological polar surface area (TPSA) is 37.8 Å². The number of thioether (sulfide) groups is 1. The highest BCUT2D eigenvalue weighted by molar-refractivity contribution is 7.99. The molecule has 1 aromatic heterocycles. The molecule has 0 spiro atoms. The van der Waals surface area contributed by atoms with Crippen molar-refractivity contribution in [3.05, 3.63) is 30.0 Å². The first-order chi connectivity index (χ1) is 8.83. The Kier molecular flexibility index (Phi) is 3.37. The molecule has 1 unspecified atom stereocenters. The molecule has 0 bridgehead atoms. The fourth-order valence-corrected chi connectivity index (χ4v) is 3.34. The Morgan fingerprint density at radius 2 is 2.00 bits per heavy atom. The first-order valence-electron chi connectivity index (χ1n) is 6.40. The molecule has 1 atom stereocenters. The number of para-hydroxylation sites is 2. The Hall–Kier alpha value is -1.29. The number of nitrogens with one attached hydrogen (secondary N) is 1. The number of aromatic nitrogens is 2. The first kappa shape index (κ1) is 11.8. The normalized spacial score (nSPS) is 19.9. The fourth-order valence-electron chi connectivity index (χ4n) is 2.27. The third-order valence-electron chi connectivity index (χ3n) is 3.25. The van der Waals surface area contributed by atoms with Crippen LogP contribution in [0.1, 0.15) is 18.5 Å². The number of aryl methyl sites for hydroxylation is 1. The van der Waals surface area contributed by atoms with Gasteiger partial charge >= 0.3 is 0 Å². The molecule has 1 aliphatic rings. The van der Waals surface area contributed by atoms with Gasteiger partial charge in [-0.15, -0.1) is 0 Å². The highest BCUT2D eigenvalue weighted by Gasteiger charge is 2.15. The van der Waals surface area contributed by atoms with Crippen molar-refractivity contribution in [3.8, 4) is 0 Å².